The summed E-state index contributed by atoms with van der Waals surface area (Å²) in [5.74, 6) is 0.859. The third kappa shape index (κ3) is 7.77. The van der Waals surface area contributed by atoms with Gasteiger partial charge in [0.25, 0.3) is 5.91 Å². The average Bonchev–Trinajstić information content (AvgIpc) is 2.93. The quantitative estimate of drug-likeness (QED) is 0.329. The number of carbonyl (C=O) groups excluding carboxylic acids is 2. The molecule has 3 aromatic rings. The first kappa shape index (κ1) is 26.6. The third-order valence-electron chi connectivity index (χ3n) is 5.78. The van der Waals surface area contributed by atoms with E-state index in [9.17, 15) is 9.59 Å². The topological polar surface area (TPSA) is 74.3 Å². The number of aryl methyl sites for hydroxylation is 1. The van der Waals surface area contributed by atoms with Gasteiger partial charge in [0.2, 0.25) is 5.75 Å². The molecule has 0 spiro atoms. The van der Waals surface area contributed by atoms with Gasteiger partial charge >= 0.3 is 5.97 Å². The molecule has 0 N–H and O–H groups in total. The van der Waals surface area contributed by atoms with Crippen LogP contribution in [0, 0.1) is 0 Å². The molecule has 0 radical (unpaired) electrons. The minimum atomic E-state index is -0.445. The van der Waals surface area contributed by atoms with Gasteiger partial charge in [-0.1, -0.05) is 60.7 Å². The van der Waals surface area contributed by atoms with E-state index < -0.39 is 5.97 Å². The Kier molecular flexibility index (Phi) is 10.2. The van der Waals surface area contributed by atoms with Crippen molar-refractivity contribution in [3.8, 4) is 17.2 Å². The molecule has 0 bridgehead atoms. The monoisotopic (exact) mass is 491 g/mol. The van der Waals surface area contributed by atoms with Crippen LogP contribution in [0.1, 0.15) is 23.1 Å². The first-order chi connectivity index (χ1) is 17.5. The highest BCUT2D eigenvalue weighted by molar-refractivity contribution is 5.80. The summed E-state index contributed by atoms with van der Waals surface area (Å²) < 4.78 is 21.4. The van der Waals surface area contributed by atoms with E-state index in [-0.39, 0.29) is 18.9 Å². The summed E-state index contributed by atoms with van der Waals surface area (Å²) >= 11 is 0. The predicted molar refractivity (Wildman–Crippen MR) is 137 cm³/mol. The number of carbonyl (C=O) groups is 2. The van der Waals surface area contributed by atoms with Crippen molar-refractivity contribution in [3.63, 3.8) is 0 Å². The maximum Gasteiger partial charge on any atom is 0.306 e. The van der Waals surface area contributed by atoms with Crippen LogP contribution in [-0.2, 0) is 33.7 Å². The Labute approximate surface area is 212 Å². The van der Waals surface area contributed by atoms with E-state index in [4.69, 9.17) is 18.9 Å². The van der Waals surface area contributed by atoms with Crippen LogP contribution in [0.4, 0.5) is 0 Å². The Morgan fingerprint density at radius 2 is 1.31 bits per heavy atom. The van der Waals surface area contributed by atoms with Gasteiger partial charge < -0.3 is 23.8 Å². The highest BCUT2D eigenvalue weighted by Gasteiger charge is 2.18. The average molecular weight is 492 g/mol. The molecule has 0 aliphatic rings. The van der Waals surface area contributed by atoms with Crippen molar-refractivity contribution in [2.24, 2.45) is 0 Å². The maximum atomic E-state index is 13.0. The zero-order valence-electron chi connectivity index (χ0n) is 21.1. The molecule has 0 atom stereocenters. The molecule has 0 saturated carbocycles. The van der Waals surface area contributed by atoms with Crippen molar-refractivity contribution in [1.82, 2.24) is 4.90 Å². The predicted octanol–water partition coefficient (Wildman–Crippen LogP) is 4.46. The molecule has 0 aliphatic heterocycles. The summed E-state index contributed by atoms with van der Waals surface area (Å²) in [6, 6.07) is 23.4. The Morgan fingerprint density at radius 1 is 0.722 bits per heavy atom. The molecule has 190 valence electrons. The van der Waals surface area contributed by atoms with E-state index in [1.165, 1.54) is 7.11 Å². The van der Waals surface area contributed by atoms with Crippen LogP contribution in [0.15, 0.2) is 72.8 Å². The molecular weight excluding hydrogens is 458 g/mol. The van der Waals surface area contributed by atoms with Crippen LogP contribution < -0.4 is 14.2 Å². The van der Waals surface area contributed by atoms with E-state index in [0.717, 1.165) is 16.7 Å². The van der Waals surface area contributed by atoms with Crippen LogP contribution >= 0.6 is 0 Å². The summed E-state index contributed by atoms with van der Waals surface area (Å²) in [5, 5.41) is 0. The van der Waals surface area contributed by atoms with Gasteiger partial charge in [0, 0.05) is 19.5 Å². The van der Waals surface area contributed by atoms with Gasteiger partial charge in [-0.3, -0.25) is 9.59 Å². The fraction of sp³-hybridized carbons (Fsp3) is 0.310. The van der Waals surface area contributed by atoms with Crippen LogP contribution in [0.2, 0.25) is 0 Å². The largest absolute Gasteiger partial charge is 0.493 e. The smallest absolute Gasteiger partial charge is 0.306 e. The van der Waals surface area contributed by atoms with Crippen molar-refractivity contribution in [3.05, 3.63) is 89.5 Å². The standard InChI is InChI=1S/C29H33NO6/c1-33-25-18-24(19-26(34-2)29(25)35-3)14-15-28(32)36-21-27(31)30(20-23-12-8-5-9-13-23)17-16-22-10-6-4-7-11-22/h4-13,18-19H,14-17,20-21H2,1-3H3. The first-order valence-electron chi connectivity index (χ1n) is 11.8. The van der Waals surface area contributed by atoms with Crippen LogP contribution in [0.25, 0.3) is 0 Å². The number of ether oxygens (including phenoxy) is 4. The van der Waals surface area contributed by atoms with Crippen LogP contribution in [0.3, 0.4) is 0 Å². The lowest BCUT2D eigenvalue weighted by Gasteiger charge is -2.23. The van der Waals surface area contributed by atoms with Gasteiger partial charge in [0.15, 0.2) is 18.1 Å². The molecule has 0 saturated heterocycles. The second-order valence-electron chi connectivity index (χ2n) is 8.23. The molecule has 0 aromatic heterocycles. The Bertz CT molecular complexity index is 1090. The van der Waals surface area contributed by atoms with Crippen molar-refractivity contribution in [2.75, 3.05) is 34.5 Å². The molecule has 3 rings (SSSR count). The summed E-state index contributed by atoms with van der Waals surface area (Å²) in [4.78, 5) is 27.2. The van der Waals surface area contributed by atoms with Gasteiger partial charge in [-0.15, -0.1) is 0 Å². The first-order valence-corrected chi connectivity index (χ1v) is 11.8. The molecule has 36 heavy (non-hydrogen) atoms. The lowest BCUT2D eigenvalue weighted by Crippen LogP contribution is -2.35. The van der Waals surface area contributed by atoms with Crippen molar-refractivity contribution < 1.29 is 28.5 Å². The van der Waals surface area contributed by atoms with E-state index in [1.807, 2.05) is 60.7 Å². The zero-order valence-corrected chi connectivity index (χ0v) is 21.1. The fourth-order valence-corrected chi connectivity index (χ4v) is 3.84. The number of rotatable bonds is 13. The number of hydrogen-bond donors (Lipinski definition) is 0. The normalized spacial score (nSPS) is 10.4. The summed E-state index contributed by atoms with van der Waals surface area (Å²) in [5.41, 5.74) is 3.00. The molecule has 7 nitrogen and oxygen atoms in total. The van der Waals surface area contributed by atoms with Gasteiger partial charge in [-0.05, 0) is 41.7 Å². The Balaban J connectivity index is 1.57. The summed E-state index contributed by atoms with van der Waals surface area (Å²) in [6.45, 7) is 0.686. The van der Waals surface area contributed by atoms with E-state index in [0.29, 0.717) is 43.2 Å². The lowest BCUT2D eigenvalue weighted by molar-refractivity contribution is -0.152. The number of nitrogens with zero attached hydrogens (tertiary/aromatic N) is 1. The highest BCUT2D eigenvalue weighted by atomic mass is 16.5. The minimum absolute atomic E-state index is 0.120. The van der Waals surface area contributed by atoms with Crippen molar-refractivity contribution in [1.29, 1.82) is 0 Å². The van der Waals surface area contributed by atoms with Gasteiger partial charge in [0.1, 0.15) is 0 Å². The maximum absolute atomic E-state index is 13.0. The SMILES string of the molecule is COc1cc(CCC(=O)OCC(=O)N(CCc2ccccc2)Cc2ccccc2)cc(OC)c1OC. The molecule has 0 fully saturated rings. The number of esters is 1. The molecular formula is C29H33NO6. The second-order valence-corrected chi connectivity index (χ2v) is 8.23. The molecule has 1 amide bonds. The highest BCUT2D eigenvalue weighted by Crippen LogP contribution is 2.38. The van der Waals surface area contributed by atoms with Gasteiger partial charge in [-0.2, -0.15) is 0 Å². The Hall–Kier alpha value is -4.00. The zero-order chi connectivity index (χ0) is 25.8. The van der Waals surface area contributed by atoms with E-state index in [2.05, 4.69) is 0 Å². The lowest BCUT2D eigenvalue weighted by atomic mass is 10.1. The number of methoxy groups -OCH3 is 3. The third-order valence-corrected chi connectivity index (χ3v) is 5.78. The number of hydrogen-bond acceptors (Lipinski definition) is 6. The van der Waals surface area contributed by atoms with Crippen molar-refractivity contribution >= 4 is 11.9 Å². The van der Waals surface area contributed by atoms with Crippen LogP contribution in [-0.4, -0.2) is 51.3 Å². The van der Waals surface area contributed by atoms with Gasteiger partial charge in [0.05, 0.1) is 21.3 Å². The minimum Gasteiger partial charge on any atom is -0.493 e. The molecule has 0 unspecified atom stereocenters. The molecule has 3 aromatic carbocycles. The fourth-order valence-electron chi connectivity index (χ4n) is 3.84. The summed E-state index contributed by atoms with van der Waals surface area (Å²) in [7, 11) is 4.62. The van der Waals surface area contributed by atoms with E-state index in [1.54, 1.807) is 31.3 Å². The van der Waals surface area contributed by atoms with Gasteiger partial charge in [-0.25, -0.2) is 0 Å². The molecule has 0 heterocycles. The van der Waals surface area contributed by atoms with E-state index >= 15 is 0 Å². The summed E-state index contributed by atoms with van der Waals surface area (Å²) in [6.07, 6.45) is 1.24. The number of benzene rings is 3. The second kappa shape index (κ2) is 13.8. The molecule has 0 aliphatic carbocycles. The molecule has 7 heteroatoms. The van der Waals surface area contributed by atoms with Crippen LogP contribution in [0.5, 0.6) is 17.2 Å². The number of amides is 1. The van der Waals surface area contributed by atoms with Crippen molar-refractivity contribution in [2.45, 2.75) is 25.8 Å². The Morgan fingerprint density at radius 3 is 1.86 bits per heavy atom.